The van der Waals surface area contributed by atoms with Gasteiger partial charge in [0.25, 0.3) is 0 Å². The van der Waals surface area contributed by atoms with E-state index in [2.05, 4.69) is 20.8 Å². The highest BCUT2D eigenvalue weighted by Gasteiger charge is 2.35. The molecule has 0 unspecified atom stereocenters. The number of rotatable bonds is 3. The van der Waals surface area contributed by atoms with E-state index >= 15 is 0 Å². The number of esters is 1. The molecule has 2 aromatic carbocycles. The summed E-state index contributed by atoms with van der Waals surface area (Å²) in [6, 6.07) is 13.6. The van der Waals surface area contributed by atoms with Gasteiger partial charge in [-0.3, -0.25) is 0 Å². The Labute approximate surface area is 144 Å². The minimum Gasteiger partial charge on any atom is -0.463 e. The van der Waals surface area contributed by atoms with E-state index < -0.39 is 6.04 Å². The van der Waals surface area contributed by atoms with E-state index in [0.717, 1.165) is 16.3 Å². The molecule has 7 heteroatoms. The van der Waals surface area contributed by atoms with Crippen molar-refractivity contribution in [3.05, 3.63) is 59.3 Å². The molecule has 0 saturated heterocycles. The lowest BCUT2D eigenvalue weighted by Gasteiger charge is -2.28. The molecule has 25 heavy (non-hydrogen) atoms. The summed E-state index contributed by atoms with van der Waals surface area (Å²) in [5, 5.41) is 17.1. The van der Waals surface area contributed by atoms with Crippen LogP contribution < -0.4 is 5.32 Å². The molecule has 3 aromatic rings. The summed E-state index contributed by atoms with van der Waals surface area (Å²) >= 11 is 0. The number of hydrogen-bond donors (Lipinski definition) is 1. The summed E-state index contributed by atoms with van der Waals surface area (Å²) < 4.78 is 6.91. The summed E-state index contributed by atoms with van der Waals surface area (Å²) in [6.45, 7) is 3.93. The van der Waals surface area contributed by atoms with Crippen molar-refractivity contribution in [2.45, 2.75) is 19.9 Å². The number of allylic oxidation sites excluding steroid dienone is 1. The Morgan fingerprint density at radius 1 is 1.24 bits per heavy atom. The lowest BCUT2D eigenvalue weighted by Crippen LogP contribution is -2.29. The normalized spacial score (nSPS) is 16.5. The van der Waals surface area contributed by atoms with Crippen LogP contribution in [0.3, 0.4) is 0 Å². The lowest BCUT2D eigenvalue weighted by atomic mass is 9.91. The van der Waals surface area contributed by atoms with Gasteiger partial charge in [0.2, 0.25) is 5.95 Å². The first-order valence-corrected chi connectivity index (χ1v) is 8.11. The fourth-order valence-electron chi connectivity index (χ4n) is 3.26. The van der Waals surface area contributed by atoms with Gasteiger partial charge in [0.05, 0.1) is 12.2 Å². The smallest absolute Gasteiger partial charge is 0.338 e. The molecule has 0 amide bonds. The molecule has 0 aliphatic carbocycles. The Morgan fingerprint density at radius 2 is 2.04 bits per heavy atom. The molecular formula is C18H17N5O2. The van der Waals surface area contributed by atoms with Gasteiger partial charge in [-0.15, -0.1) is 0 Å². The summed E-state index contributed by atoms with van der Waals surface area (Å²) in [5.74, 6) is 0.134. The molecule has 0 saturated carbocycles. The van der Waals surface area contributed by atoms with Gasteiger partial charge in [0.1, 0.15) is 6.04 Å². The molecule has 1 aromatic heterocycles. The fraction of sp³-hybridized carbons (Fsp3) is 0.222. The Morgan fingerprint density at radius 3 is 2.88 bits per heavy atom. The van der Waals surface area contributed by atoms with Crippen molar-refractivity contribution in [2.24, 2.45) is 0 Å². The van der Waals surface area contributed by atoms with Crippen molar-refractivity contribution < 1.29 is 9.53 Å². The summed E-state index contributed by atoms with van der Waals surface area (Å²) in [7, 11) is 0. The molecule has 1 aliphatic heterocycles. The van der Waals surface area contributed by atoms with Gasteiger partial charge in [0.15, 0.2) is 0 Å². The zero-order chi connectivity index (χ0) is 17.4. The van der Waals surface area contributed by atoms with Gasteiger partial charge >= 0.3 is 5.97 Å². The number of nitrogens with zero attached hydrogens (tertiary/aromatic N) is 4. The van der Waals surface area contributed by atoms with Crippen molar-refractivity contribution in [3.8, 4) is 0 Å². The maximum atomic E-state index is 12.7. The Bertz CT molecular complexity index is 987. The standard InChI is InChI=1S/C18H17N5O2/c1-3-25-17(24)15-11(2)19-18-20-21-22-23(18)16(15)14-10-6-8-12-7-4-5-9-13(12)14/h4-10,16H,3H2,1-2H3,(H,19,20,22)/t16-/m0/s1. The molecule has 0 radical (unpaired) electrons. The van der Waals surface area contributed by atoms with Crippen molar-refractivity contribution in [1.29, 1.82) is 0 Å². The number of fused-ring (bicyclic) bond motifs is 2. The second-order valence-corrected chi connectivity index (χ2v) is 5.80. The first-order valence-electron chi connectivity index (χ1n) is 8.11. The van der Waals surface area contributed by atoms with E-state index in [0.29, 0.717) is 23.8 Å². The maximum absolute atomic E-state index is 12.7. The van der Waals surface area contributed by atoms with Gasteiger partial charge in [-0.25, -0.2) is 4.79 Å². The van der Waals surface area contributed by atoms with E-state index in [9.17, 15) is 4.79 Å². The van der Waals surface area contributed by atoms with Crippen LogP contribution in [0.15, 0.2) is 53.7 Å². The third kappa shape index (κ3) is 2.44. The number of tetrazole rings is 1. The summed E-state index contributed by atoms with van der Waals surface area (Å²) in [4.78, 5) is 12.7. The summed E-state index contributed by atoms with van der Waals surface area (Å²) in [5.41, 5.74) is 2.16. The fourth-order valence-corrected chi connectivity index (χ4v) is 3.26. The van der Waals surface area contributed by atoms with Gasteiger partial charge in [-0.05, 0) is 40.6 Å². The van der Waals surface area contributed by atoms with Gasteiger partial charge in [-0.1, -0.05) is 47.6 Å². The van der Waals surface area contributed by atoms with Crippen LogP contribution in [0.4, 0.5) is 5.95 Å². The number of anilines is 1. The molecule has 1 aliphatic rings. The molecule has 0 spiro atoms. The van der Waals surface area contributed by atoms with Crippen LogP contribution in [0, 0.1) is 0 Å². The largest absolute Gasteiger partial charge is 0.463 e. The summed E-state index contributed by atoms with van der Waals surface area (Å²) in [6.07, 6.45) is 0. The van der Waals surface area contributed by atoms with E-state index in [1.54, 1.807) is 11.6 Å². The van der Waals surface area contributed by atoms with Crippen molar-refractivity contribution in [1.82, 2.24) is 20.2 Å². The molecule has 1 N–H and O–H groups in total. The molecular weight excluding hydrogens is 318 g/mol. The molecule has 4 rings (SSSR count). The van der Waals surface area contributed by atoms with Gasteiger partial charge < -0.3 is 10.1 Å². The average molecular weight is 335 g/mol. The quantitative estimate of drug-likeness (QED) is 0.741. The number of hydrogen-bond acceptors (Lipinski definition) is 6. The minimum atomic E-state index is -0.448. The van der Waals surface area contributed by atoms with Crippen LogP contribution >= 0.6 is 0 Å². The van der Waals surface area contributed by atoms with E-state index in [1.807, 2.05) is 49.4 Å². The number of carbonyl (C=O) groups is 1. The highest BCUT2D eigenvalue weighted by atomic mass is 16.5. The second-order valence-electron chi connectivity index (χ2n) is 5.80. The monoisotopic (exact) mass is 335 g/mol. The Balaban J connectivity index is 1.97. The van der Waals surface area contributed by atoms with E-state index in [1.165, 1.54) is 0 Å². The first kappa shape index (κ1) is 15.3. The third-order valence-corrected chi connectivity index (χ3v) is 4.33. The highest BCUT2D eigenvalue weighted by Crippen LogP contribution is 2.37. The van der Waals surface area contributed by atoms with Crippen LogP contribution in [-0.2, 0) is 9.53 Å². The van der Waals surface area contributed by atoms with Crippen molar-refractivity contribution in [2.75, 3.05) is 11.9 Å². The molecule has 7 nitrogen and oxygen atoms in total. The zero-order valence-corrected chi connectivity index (χ0v) is 13.9. The van der Waals surface area contributed by atoms with Gasteiger partial charge in [-0.2, -0.15) is 4.68 Å². The van der Waals surface area contributed by atoms with Crippen molar-refractivity contribution in [3.63, 3.8) is 0 Å². The third-order valence-electron chi connectivity index (χ3n) is 4.33. The van der Waals surface area contributed by atoms with Crippen LogP contribution in [0.2, 0.25) is 0 Å². The topological polar surface area (TPSA) is 81.9 Å². The van der Waals surface area contributed by atoms with Crippen LogP contribution in [0.5, 0.6) is 0 Å². The Kier molecular flexibility index (Phi) is 3.68. The number of carbonyl (C=O) groups excluding carboxylic acids is 1. The number of aromatic nitrogens is 4. The number of nitrogens with one attached hydrogen (secondary N) is 1. The van der Waals surface area contributed by atoms with Gasteiger partial charge in [0, 0.05) is 5.70 Å². The number of ether oxygens (including phenoxy) is 1. The highest BCUT2D eigenvalue weighted by molar-refractivity contribution is 5.95. The van der Waals surface area contributed by atoms with E-state index in [-0.39, 0.29) is 5.97 Å². The predicted octanol–water partition coefficient (Wildman–Crippen LogP) is 2.68. The SMILES string of the molecule is CCOC(=O)C1=C(C)Nc2nnnn2[C@H]1c1cccc2ccccc12. The molecule has 126 valence electrons. The van der Waals surface area contributed by atoms with Crippen LogP contribution in [-0.4, -0.2) is 32.8 Å². The Hall–Kier alpha value is -3.22. The predicted molar refractivity (Wildman–Crippen MR) is 92.9 cm³/mol. The maximum Gasteiger partial charge on any atom is 0.338 e. The minimum absolute atomic E-state index is 0.306. The number of benzene rings is 2. The van der Waals surface area contributed by atoms with Crippen LogP contribution in [0.1, 0.15) is 25.5 Å². The molecule has 2 heterocycles. The molecule has 0 bridgehead atoms. The van der Waals surface area contributed by atoms with Crippen LogP contribution in [0.25, 0.3) is 10.8 Å². The van der Waals surface area contributed by atoms with Crippen molar-refractivity contribution >= 4 is 22.7 Å². The first-order chi connectivity index (χ1) is 12.2. The zero-order valence-electron chi connectivity index (χ0n) is 13.9. The second kappa shape index (κ2) is 6.01. The molecule has 0 fully saturated rings. The molecule has 1 atom stereocenters. The lowest BCUT2D eigenvalue weighted by molar-refractivity contribution is -0.139. The average Bonchev–Trinajstić information content (AvgIpc) is 3.08. The van der Waals surface area contributed by atoms with E-state index in [4.69, 9.17) is 4.74 Å².